The zero-order valence-corrected chi connectivity index (χ0v) is 7.75. The van der Waals surface area contributed by atoms with E-state index in [0.29, 0.717) is 0 Å². The highest BCUT2D eigenvalue weighted by molar-refractivity contribution is 5.25. The Morgan fingerprint density at radius 3 is 2.46 bits per heavy atom. The van der Waals surface area contributed by atoms with Crippen LogP contribution < -0.4 is 0 Å². The molecule has 2 aromatic rings. The highest BCUT2D eigenvalue weighted by atomic mass is 14.7. The maximum Gasteiger partial charge on any atom is 0.0118 e. The molecular formula is C12H13N. The first-order valence-corrected chi connectivity index (χ1v) is 4.52. The van der Waals surface area contributed by atoms with Crippen molar-refractivity contribution in [3.63, 3.8) is 0 Å². The van der Waals surface area contributed by atoms with Gasteiger partial charge in [-0.25, -0.2) is 0 Å². The van der Waals surface area contributed by atoms with E-state index in [1.807, 2.05) is 6.07 Å². The Morgan fingerprint density at radius 2 is 1.85 bits per heavy atom. The van der Waals surface area contributed by atoms with Gasteiger partial charge in [-0.1, -0.05) is 30.3 Å². The third-order valence-electron chi connectivity index (χ3n) is 2.14. The van der Waals surface area contributed by atoms with Crippen molar-refractivity contribution < 1.29 is 0 Å². The molecule has 0 saturated carbocycles. The lowest BCUT2D eigenvalue weighted by Gasteiger charge is -1.96. The van der Waals surface area contributed by atoms with Crippen LogP contribution in [0.5, 0.6) is 0 Å². The van der Waals surface area contributed by atoms with E-state index in [1.54, 1.807) is 0 Å². The number of rotatable bonds is 2. The van der Waals surface area contributed by atoms with Gasteiger partial charge in [-0.3, -0.25) is 0 Å². The van der Waals surface area contributed by atoms with E-state index in [4.69, 9.17) is 0 Å². The van der Waals surface area contributed by atoms with E-state index >= 15 is 0 Å². The van der Waals surface area contributed by atoms with Crippen LogP contribution in [-0.4, -0.2) is 4.98 Å². The lowest BCUT2D eigenvalue weighted by molar-refractivity contribution is 1.19. The Hall–Kier alpha value is -1.50. The maximum absolute atomic E-state index is 3.19. The summed E-state index contributed by atoms with van der Waals surface area (Å²) in [7, 11) is 0. The fraction of sp³-hybridized carbons (Fsp3) is 0.167. The molecule has 2 rings (SSSR count). The molecule has 1 nitrogen and oxygen atoms in total. The fourth-order valence-electron chi connectivity index (χ4n) is 1.50. The zero-order valence-electron chi connectivity index (χ0n) is 7.75. The molecule has 0 unspecified atom stereocenters. The van der Waals surface area contributed by atoms with Crippen LogP contribution in [0.1, 0.15) is 16.8 Å². The van der Waals surface area contributed by atoms with Gasteiger partial charge in [0.1, 0.15) is 0 Å². The molecule has 0 saturated heterocycles. The van der Waals surface area contributed by atoms with Gasteiger partial charge in [0.2, 0.25) is 0 Å². The second-order valence-corrected chi connectivity index (χ2v) is 3.35. The molecule has 1 aromatic carbocycles. The fourth-order valence-corrected chi connectivity index (χ4v) is 1.50. The quantitative estimate of drug-likeness (QED) is 0.715. The minimum atomic E-state index is 1.02. The molecule has 1 N–H and O–H groups in total. The van der Waals surface area contributed by atoms with Crippen molar-refractivity contribution >= 4 is 0 Å². The van der Waals surface area contributed by atoms with E-state index in [9.17, 15) is 0 Å². The number of H-pyrrole nitrogens is 1. The summed E-state index contributed by atoms with van der Waals surface area (Å²) in [5.41, 5.74) is 3.94. The largest absolute Gasteiger partial charge is 0.365 e. The summed E-state index contributed by atoms with van der Waals surface area (Å²) in [4.78, 5) is 3.19. The summed E-state index contributed by atoms with van der Waals surface area (Å²) in [5.74, 6) is 0. The van der Waals surface area contributed by atoms with E-state index in [-0.39, 0.29) is 0 Å². The summed E-state index contributed by atoms with van der Waals surface area (Å²) >= 11 is 0. The monoisotopic (exact) mass is 171 g/mol. The van der Waals surface area contributed by atoms with Gasteiger partial charge < -0.3 is 4.98 Å². The highest BCUT2D eigenvalue weighted by Gasteiger charge is 1.96. The molecule has 0 atom stereocenters. The number of nitrogens with one attached hydrogen (secondary N) is 1. The lowest BCUT2D eigenvalue weighted by Crippen LogP contribution is -1.83. The van der Waals surface area contributed by atoms with Gasteiger partial charge in [-0.2, -0.15) is 0 Å². The van der Waals surface area contributed by atoms with E-state index in [1.165, 1.54) is 16.8 Å². The average Bonchev–Trinajstić information content (AvgIpc) is 2.53. The van der Waals surface area contributed by atoms with Crippen molar-refractivity contribution in [2.24, 2.45) is 0 Å². The van der Waals surface area contributed by atoms with Gasteiger partial charge >= 0.3 is 0 Å². The molecule has 0 amide bonds. The standard InChI is InChI=1S/C12H13N/c1-10-7-12(9-13-10)8-11-5-3-2-4-6-11/h2-7,9,13H,8H2,1H3. The third-order valence-corrected chi connectivity index (χ3v) is 2.14. The molecule has 1 heterocycles. The predicted octanol–water partition coefficient (Wildman–Crippen LogP) is 2.91. The minimum absolute atomic E-state index is 1.02. The van der Waals surface area contributed by atoms with Crippen LogP contribution in [0.2, 0.25) is 0 Å². The first kappa shape index (κ1) is 8.11. The number of aromatic amines is 1. The molecule has 0 bridgehead atoms. The molecule has 0 aliphatic carbocycles. The van der Waals surface area contributed by atoms with E-state index < -0.39 is 0 Å². The summed E-state index contributed by atoms with van der Waals surface area (Å²) in [6.07, 6.45) is 3.09. The van der Waals surface area contributed by atoms with Crippen molar-refractivity contribution in [1.82, 2.24) is 4.98 Å². The molecule has 0 aliphatic rings. The second kappa shape index (κ2) is 3.48. The minimum Gasteiger partial charge on any atom is -0.365 e. The van der Waals surface area contributed by atoms with Crippen LogP contribution >= 0.6 is 0 Å². The number of hydrogen-bond donors (Lipinski definition) is 1. The Kier molecular flexibility index (Phi) is 2.17. The number of hydrogen-bond acceptors (Lipinski definition) is 0. The zero-order chi connectivity index (χ0) is 9.10. The topological polar surface area (TPSA) is 15.8 Å². The Bertz CT molecular complexity index is 373. The summed E-state index contributed by atoms with van der Waals surface area (Å²) in [5, 5.41) is 0. The van der Waals surface area contributed by atoms with Gasteiger partial charge in [0.15, 0.2) is 0 Å². The molecule has 0 aliphatic heterocycles. The summed E-state index contributed by atoms with van der Waals surface area (Å²) < 4.78 is 0. The van der Waals surface area contributed by atoms with E-state index in [0.717, 1.165) is 6.42 Å². The second-order valence-electron chi connectivity index (χ2n) is 3.35. The van der Waals surface area contributed by atoms with Crippen molar-refractivity contribution in [2.45, 2.75) is 13.3 Å². The van der Waals surface area contributed by atoms with Gasteiger partial charge in [0.05, 0.1) is 0 Å². The highest BCUT2D eigenvalue weighted by Crippen LogP contribution is 2.09. The molecule has 66 valence electrons. The Morgan fingerprint density at radius 1 is 1.08 bits per heavy atom. The SMILES string of the molecule is Cc1cc(Cc2ccccc2)c[nH]1. The number of aryl methyl sites for hydroxylation is 1. The summed E-state index contributed by atoms with van der Waals surface area (Å²) in [6.45, 7) is 2.08. The van der Waals surface area contributed by atoms with Gasteiger partial charge in [0, 0.05) is 11.9 Å². The van der Waals surface area contributed by atoms with Gasteiger partial charge in [-0.15, -0.1) is 0 Å². The normalized spacial score (nSPS) is 10.2. The molecule has 0 spiro atoms. The van der Waals surface area contributed by atoms with Crippen LogP contribution in [0.15, 0.2) is 42.6 Å². The van der Waals surface area contributed by atoms with Gasteiger partial charge in [-0.05, 0) is 30.5 Å². The number of aromatic nitrogens is 1. The van der Waals surface area contributed by atoms with Gasteiger partial charge in [0.25, 0.3) is 0 Å². The van der Waals surface area contributed by atoms with Crippen molar-refractivity contribution in [2.75, 3.05) is 0 Å². The van der Waals surface area contributed by atoms with Crippen molar-refractivity contribution in [1.29, 1.82) is 0 Å². The molecule has 1 heteroatoms. The Balaban J connectivity index is 2.15. The molecule has 0 radical (unpaired) electrons. The van der Waals surface area contributed by atoms with Crippen molar-refractivity contribution in [3.8, 4) is 0 Å². The first-order chi connectivity index (χ1) is 6.34. The molecular weight excluding hydrogens is 158 g/mol. The molecule has 13 heavy (non-hydrogen) atoms. The van der Waals surface area contributed by atoms with Crippen LogP contribution in [0.3, 0.4) is 0 Å². The van der Waals surface area contributed by atoms with Crippen LogP contribution in [0.25, 0.3) is 0 Å². The van der Waals surface area contributed by atoms with E-state index in [2.05, 4.69) is 48.4 Å². The lowest BCUT2D eigenvalue weighted by atomic mass is 10.1. The van der Waals surface area contributed by atoms with Crippen LogP contribution in [-0.2, 0) is 6.42 Å². The van der Waals surface area contributed by atoms with Crippen LogP contribution in [0, 0.1) is 6.92 Å². The third kappa shape index (κ3) is 2.00. The first-order valence-electron chi connectivity index (χ1n) is 4.52. The predicted molar refractivity (Wildman–Crippen MR) is 54.8 cm³/mol. The molecule has 1 aromatic heterocycles. The Labute approximate surface area is 78.4 Å². The maximum atomic E-state index is 3.19. The van der Waals surface area contributed by atoms with Crippen molar-refractivity contribution in [3.05, 3.63) is 59.4 Å². The summed E-state index contributed by atoms with van der Waals surface area (Å²) in [6, 6.07) is 12.7. The van der Waals surface area contributed by atoms with Crippen LogP contribution in [0.4, 0.5) is 0 Å². The number of benzene rings is 1. The molecule has 0 fully saturated rings. The average molecular weight is 171 g/mol. The smallest absolute Gasteiger partial charge is 0.0118 e.